The molecule has 1 aromatic carbocycles. The minimum absolute atomic E-state index is 0.0181. The summed E-state index contributed by atoms with van der Waals surface area (Å²) in [5, 5.41) is 3.31. The summed E-state index contributed by atoms with van der Waals surface area (Å²) < 4.78 is 40.6. The fraction of sp³-hybridized carbons (Fsp3) is 0.571. The summed E-state index contributed by atoms with van der Waals surface area (Å²) in [5.41, 5.74) is 0.0181. The third-order valence-electron chi connectivity index (χ3n) is 3.60. The Kier molecular flexibility index (Phi) is 4.04. The number of benzene rings is 1. The van der Waals surface area contributed by atoms with Crippen LogP contribution in [-0.2, 0) is 0 Å². The summed E-state index contributed by atoms with van der Waals surface area (Å²) in [6.45, 7) is 7.21. The lowest BCUT2D eigenvalue weighted by molar-refractivity contribution is 0.344. The number of hydrogen-bond acceptors (Lipinski definition) is 2. The number of hydrogen-bond donors (Lipinski definition) is 1. The first-order chi connectivity index (χ1) is 8.90. The molecule has 106 valence electrons. The third-order valence-corrected chi connectivity index (χ3v) is 3.60. The predicted molar refractivity (Wildman–Crippen MR) is 69.8 cm³/mol. The average Bonchev–Trinajstić information content (AvgIpc) is 2.33. The molecule has 1 aliphatic heterocycles. The van der Waals surface area contributed by atoms with Crippen molar-refractivity contribution in [3.63, 3.8) is 0 Å². The second kappa shape index (κ2) is 5.41. The van der Waals surface area contributed by atoms with Crippen molar-refractivity contribution in [3.8, 4) is 0 Å². The van der Waals surface area contributed by atoms with Crippen LogP contribution in [0.5, 0.6) is 0 Å². The minimum Gasteiger partial charge on any atom is -0.363 e. The molecule has 19 heavy (non-hydrogen) atoms. The van der Waals surface area contributed by atoms with Gasteiger partial charge in [0.15, 0.2) is 11.6 Å². The Bertz CT molecular complexity index is 462. The van der Waals surface area contributed by atoms with Crippen LogP contribution in [0.4, 0.5) is 18.9 Å². The van der Waals surface area contributed by atoms with E-state index in [1.807, 2.05) is 20.8 Å². The van der Waals surface area contributed by atoms with Crippen LogP contribution in [0.15, 0.2) is 12.1 Å². The molecule has 0 radical (unpaired) electrons. The van der Waals surface area contributed by atoms with Crippen LogP contribution in [0, 0.1) is 23.4 Å². The second-order valence-corrected chi connectivity index (χ2v) is 5.49. The van der Waals surface area contributed by atoms with Gasteiger partial charge in [0.25, 0.3) is 0 Å². The van der Waals surface area contributed by atoms with Crippen LogP contribution in [0.25, 0.3) is 0 Å². The summed E-state index contributed by atoms with van der Waals surface area (Å²) in [7, 11) is 0. The Labute approximate surface area is 111 Å². The standard InChI is InChI=1S/C14H19F3N2/c1-8(2)13-6-18-9(3)7-19(13)12-5-10(15)4-11(16)14(12)17/h4-5,8-9,13,18H,6-7H2,1-3H3. The Balaban J connectivity index is 2.41. The molecular formula is C14H19F3N2. The summed E-state index contributed by atoms with van der Waals surface area (Å²) in [6, 6.07) is 1.83. The van der Waals surface area contributed by atoms with Crippen LogP contribution < -0.4 is 10.2 Å². The minimum atomic E-state index is -1.14. The highest BCUT2D eigenvalue weighted by molar-refractivity contribution is 5.50. The van der Waals surface area contributed by atoms with Crippen molar-refractivity contribution in [2.75, 3.05) is 18.0 Å². The number of rotatable bonds is 2. The summed E-state index contributed by atoms with van der Waals surface area (Å²) in [5.74, 6) is -2.60. The molecule has 1 aliphatic rings. The SMILES string of the molecule is CC1CN(c2cc(F)cc(F)c2F)C(C(C)C)CN1. The van der Waals surface area contributed by atoms with Gasteiger partial charge in [-0.25, -0.2) is 13.2 Å². The van der Waals surface area contributed by atoms with Crippen molar-refractivity contribution in [3.05, 3.63) is 29.6 Å². The maximum Gasteiger partial charge on any atom is 0.182 e. The highest BCUT2D eigenvalue weighted by Crippen LogP contribution is 2.28. The van der Waals surface area contributed by atoms with Crippen LogP contribution in [-0.4, -0.2) is 25.2 Å². The number of piperazine rings is 1. The predicted octanol–water partition coefficient (Wildman–Crippen LogP) is 2.93. The Morgan fingerprint density at radius 3 is 2.58 bits per heavy atom. The third kappa shape index (κ3) is 2.86. The molecule has 2 rings (SSSR count). The van der Waals surface area contributed by atoms with Gasteiger partial charge in [-0.15, -0.1) is 0 Å². The molecule has 0 aliphatic carbocycles. The molecule has 0 saturated carbocycles. The number of nitrogens with zero attached hydrogens (tertiary/aromatic N) is 1. The maximum absolute atomic E-state index is 13.9. The van der Waals surface area contributed by atoms with Gasteiger partial charge in [-0.05, 0) is 12.8 Å². The zero-order valence-corrected chi connectivity index (χ0v) is 11.4. The molecule has 1 fully saturated rings. The lowest BCUT2D eigenvalue weighted by Crippen LogP contribution is -2.57. The molecule has 0 amide bonds. The van der Waals surface area contributed by atoms with E-state index in [1.54, 1.807) is 4.90 Å². The monoisotopic (exact) mass is 272 g/mol. The van der Waals surface area contributed by atoms with Crippen molar-refractivity contribution >= 4 is 5.69 Å². The molecule has 0 bridgehead atoms. The van der Waals surface area contributed by atoms with Gasteiger partial charge in [0.05, 0.1) is 5.69 Å². The second-order valence-electron chi connectivity index (χ2n) is 5.49. The smallest absolute Gasteiger partial charge is 0.182 e. The van der Waals surface area contributed by atoms with Gasteiger partial charge in [-0.2, -0.15) is 0 Å². The fourth-order valence-electron chi connectivity index (χ4n) is 2.55. The molecular weight excluding hydrogens is 253 g/mol. The zero-order chi connectivity index (χ0) is 14.2. The molecule has 0 spiro atoms. The van der Waals surface area contributed by atoms with E-state index in [9.17, 15) is 13.2 Å². The van der Waals surface area contributed by atoms with E-state index >= 15 is 0 Å². The molecule has 5 heteroatoms. The van der Waals surface area contributed by atoms with E-state index in [0.29, 0.717) is 19.2 Å². The maximum atomic E-state index is 13.9. The van der Waals surface area contributed by atoms with Crippen molar-refractivity contribution < 1.29 is 13.2 Å². The highest BCUT2D eigenvalue weighted by Gasteiger charge is 2.30. The first-order valence-electron chi connectivity index (χ1n) is 6.54. The zero-order valence-electron chi connectivity index (χ0n) is 11.4. The average molecular weight is 272 g/mol. The summed E-state index contributed by atoms with van der Waals surface area (Å²) in [4.78, 5) is 1.77. The lowest BCUT2D eigenvalue weighted by atomic mass is 9.98. The molecule has 1 aromatic rings. The topological polar surface area (TPSA) is 15.3 Å². The van der Waals surface area contributed by atoms with Crippen molar-refractivity contribution in [2.24, 2.45) is 5.92 Å². The van der Waals surface area contributed by atoms with Crippen molar-refractivity contribution in [1.82, 2.24) is 5.32 Å². The van der Waals surface area contributed by atoms with E-state index in [0.717, 1.165) is 6.07 Å². The van der Waals surface area contributed by atoms with E-state index in [4.69, 9.17) is 0 Å². The Morgan fingerprint density at radius 1 is 1.26 bits per heavy atom. The van der Waals surface area contributed by atoms with Gasteiger partial charge < -0.3 is 10.2 Å². The van der Waals surface area contributed by atoms with Crippen LogP contribution in [0.2, 0.25) is 0 Å². The summed E-state index contributed by atoms with van der Waals surface area (Å²) >= 11 is 0. The van der Waals surface area contributed by atoms with Gasteiger partial charge in [-0.1, -0.05) is 13.8 Å². The van der Waals surface area contributed by atoms with Gasteiger partial charge >= 0.3 is 0 Å². The fourth-order valence-corrected chi connectivity index (χ4v) is 2.55. The molecule has 2 nitrogen and oxygen atoms in total. The van der Waals surface area contributed by atoms with E-state index in [1.165, 1.54) is 0 Å². The largest absolute Gasteiger partial charge is 0.363 e. The van der Waals surface area contributed by atoms with E-state index in [-0.39, 0.29) is 23.7 Å². The number of halogens is 3. The first-order valence-corrected chi connectivity index (χ1v) is 6.54. The van der Waals surface area contributed by atoms with Gasteiger partial charge in [-0.3, -0.25) is 0 Å². The molecule has 1 heterocycles. The van der Waals surface area contributed by atoms with Gasteiger partial charge in [0.2, 0.25) is 0 Å². The highest BCUT2D eigenvalue weighted by atomic mass is 19.2. The van der Waals surface area contributed by atoms with Crippen molar-refractivity contribution in [2.45, 2.75) is 32.9 Å². The van der Waals surface area contributed by atoms with Gasteiger partial charge in [0, 0.05) is 37.3 Å². The molecule has 2 atom stereocenters. The first kappa shape index (κ1) is 14.2. The quantitative estimate of drug-likeness (QED) is 0.833. The van der Waals surface area contributed by atoms with Gasteiger partial charge in [0.1, 0.15) is 5.82 Å². The molecule has 2 unspecified atom stereocenters. The van der Waals surface area contributed by atoms with Crippen LogP contribution >= 0.6 is 0 Å². The van der Waals surface area contributed by atoms with Crippen LogP contribution in [0.3, 0.4) is 0 Å². The normalized spacial score (nSPS) is 24.1. The molecule has 0 aromatic heterocycles. The van der Waals surface area contributed by atoms with Crippen LogP contribution in [0.1, 0.15) is 20.8 Å². The molecule has 1 N–H and O–H groups in total. The Morgan fingerprint density at radius 2 is 1.95 bits per heavy atom. The summed E-state index contributed by atoms with van der Waals surface area (Å²) in [6.07, 6.45) is 0. The van der Waals surface area contributed by atoms with E-state index < -0.39 is 17.5 Å². The number of nitrogens with one attached hydrogen (secondary N) is 1. The number of anilines is 1. The van der Waals surface area contributed by atoms with Crippen molar-refractivity contribution in [1.29, 1.82) is 0 Å². The Hall–Kier alpha value is -1.23. The lowest BCUT2D eigenvalue weighted by Gasteiger charge is -2.43. The molecule has 1 saturated heterocycles. The van der Waals surface area contributed by atoms with E-state index in [2.05, 4.69) is 5.32 Å².